The minimum absolute atomic E-state index is 0.00777. The molecule has 8 nitrogen and oxygen atoms in total. The number of nitrogen functional groups attached to an aromatic ring is 1. The van der Waals surface area contributed by atoms with Crippen LogP contribution in [0.3, 0.4) is 0 Å². The van der Waals surface area contributed by atoms with Crippen LogP contribution in [0.5, 0.6) is 5.75 Å². The van der Waals surface area contributed by atoms with Crippen molar-refractivity contribution in [2.75, 3.05) is 19.4 Å². The summed E-state index contributed by atoms with van der Waals surface area (Å²) < 4.78 is 5.22. The zero-order valence-corrected chi connectivity index (χ0v) is 13.1. The van der Waals surface area contributed by atoms with Gasteiger partial charge >= 0.3 is 5.97 Å². The normalized spacial score (nSPS) is 11.5. The first-order chi connectivity index (χ1) is 11.5. The first kappa shape index (κ1) is 17.2. The van der Waals surface area contributed by atoms with Gasteiger partial charge in [-0.3, -0.25) is 9.59 Å². The van der Waals surface area contributed by atoms with E-state index >= 15 is 0 Å². The number of nitrogens with two attached hydrogens (primary N) is 1. The highest BCUT2D eigenvalue weighted by Gasteiger charge is 2.22. The highest BCUT2D eigenvalue weighted by Crippen LogP contribution is 2.21. The number of aromatic nitrogens is 2. The van der Waals surface area contributed by atoms with Gasteiger partial charge in [-0.25, -0.2) is 9.97 Å². The van der Waals surface area contributed by atoms with Crippen LogP contribution >= 0.6 is 0 Å². The van der Waals surface area contributed by atoms with Crippen LogP contribution in [0.1, 0.15) is 16.1 Å². The number of benzene rings is 1. The predicted molar refractivity (Wildman–Crippen MR) is 86.6 cm³/mol. The van der Waals surface area contributed by atoms with E-state index in [9.17, 15) is 14.7 Å². The lowest BCUT2D eigenvalue weighted by Crippen LogP contribution is -2.35. The van der Waals surface area contributed by atoms with E-state index in [2.05, 4.69) is 15.3 Å². The van der Waals surface area contributed by atoms with Crippen molar-refractivity contribution in [2.24, 2.45) is 5.92 Å². The van der Waals surface area contributed by atoms with E-state index in [1.165, 1.54) is 19.5 Å². The molecular formula is C16H18N4O4. The Bertz CT molecular complexity index is 736. The number of hydrogen-bond donors (Lipinski definition) is 3. The minimum Gasteiger partial charge on any atom is -0.496 e. The second kappa shape index (κ2) is 7.91. The number of para-hydroxylation sites is 1. The molecule has 0 radical (unpaired) electrons. The van der Waals surface area contributed by atoms with E-state index in [1.807, 2.05) is 0 Å². The van der Waals surface area contributed by atoms with Gasteiger partial charge in [0.1, 0.15) is 5.75 Å². The summed E-state index contributed by atoms with van der Waals surface area (Å²) in [4.78, 5) is 31.2. The number of aliphatic carboxylic acids is 1. The Balaban J connectivity index is 2.05. The van der Waals surface area contributed by atoms with E-state index in [0.29, 0.717) is 5.75 Å². The molecule has 8 heteroatoms. The molecule has 0 aliphatic rings. The Labute approximate surface area is 138 Å². The largest absolute Gasteiger partial charge is 0.496 e. The maximum absolute atomic E-state index is 12.1. The SMILES string of the molecule is COc1ccccc1CC(CNC(=O)c1nccnc1N)C(=O)O. The Morgan fingerprint density at radius 3 is 2.67 bits per heavy atom. The number of rotatable bonds is 7. The van der Waals surface area contributed by atoms with Gasteiger partial charge in [0.15, 0.2) is 11.5 Å². The van der Waals surface area contributed by atoms with E-state index in [0.717, 1.165) is 5.56 Å². The first-order valence-corrected chi connectivity index (χ1v) is 7.22. The van der Waals surface area contributed by atoms with Gasteiger partial charge in [0.25, 0.3) is 5.91 Å². The number of hydrogen-bond acceptors (Lipinski definition) is 6. The lowest BCUT2D eigenvalue weighted by atomic mass is 9.98. The average molecular weight is 330 g/mol. The van der Waals surface area contributed by atoms with E-state index < -0.39 is 17.8 Å². The Morgan fingerprint density at radius 1 is 1.29 bits per heavy atom. The monoisotopic (exact) mass is 330 g/mol. The molecule has 0 saturated carbocycles. The summed E-state index contributed by atoms with van der Waals surface area (Å²) in [5, 5.41) is 11.9. The molecule has 1 atom stereocenters. The average Bonchev–Trinajstić information content (AvgIpc) is 2.58. The van der Waals surface area contributed by atoms with Crippen molar-refractivity contribution in [3.8, 4) is 5.75 Å². The number of amides is 1. The number of ether oxygens (including phenoxy) is 1. The highest BCUT2D eigenvalue weighted by atomic mass is 16.5. The molecule has 0 fully saturated rings. The second-order valence-electron chi connectivity index (χ2n) is 5.05. The quantitative estimate of drug-likeness (QED) is 0.683. The van der Waals surface area contributed by atoms with Crippen molar-refractivity contribution in [3.05, 3.63) is 47.9 Å². The van der Waals surface area contributed by atoms with Gasteiger partial charge in [-0.2, -0.15) is 0 Å². The van der Waals surface area contributed by atoms with Gasteiger partial charge in [-0.1, -0.05) is 18.2 Å². The molecule has 1 amide bonds. The maximum atomic E-state index is 12.1. The molecule has 1 aromatic carbocycles. The maximum Gasteiger partial charge on any atom is 0.308 e. The zero-order valence-electron chi connectivity index (χ0n) is 13.1. The van der Waals surface area contributed by atoms with Crippen LogP contribution in [0.25, 0.3) is 0 Å². The minimum atomic E-state index is -1.02. The third-order valence-electron chi connectivity index (χ3n) is 3.46. The molecule has 2 aromatic rings. The van der Waals surface area contributed by atoms with Gasteiger partial charge < -0.3 is 20.9 Å². The molecule has 1 unspecified atom stereocenters. The number of carbonyl (C=O) groups excluding carboxylic acids is 1. The van der Waals surface area contributed by atoms with E-state index in [1.54, 1.807) is 24.3 Å². The Hall–Kier alpha value is -3.16. The number of carbonyl (C=O) groups is 2. The van der Waals surface area contributed by atoms with Crippen molar-refractivity contribution in [2.45, 2.75) is 6.42 Å². The summed E-state index contributed by atoms with van der Waals surface area (Å²) in [7, 11) is 1.52. The number of carboxylic acids is 1. The molecule has 0 aliphatic heterocycles. The van der Waals surface area contributed by atoms with Crippen LogP contribution in [0.2, 0.25) is 0 Å². The van der Waals surface area contributed by atoms with E-state index in [4.69, 9.17) is 10.5 Å². The second-order valence-corrected chi connectivity index (χ2v) is 5.05. The lowest BCUT2D eigenvalue weighted by molar-refractivity contribution is -0.141. The first-order valence-electron chi connectivity index (χ1n) is 7.22. The number of carboxylic acid groups (broad SMARTS) is 1. The van der Waals surface area contributed by atoms with Crippen LogP contribution < -0.4 is 15.8 Å². The van der Waals surface area contributed by atoms with Gasteiger partial charge in [0.05, 0.1) is 13.0 Å². The summed E-state index contributed by atoms with van der Waals surface area (Å²) >= 11 is 0. The van der Waals surface area contributed by atoms with E-state index in [-0.39, 0.29) is 24.5 Å². The van der Waals surface area contributed by atoms with Crippen LogP contribution in [-0.2, 0) is 11.2 Å². The summed E-state index contributed by atoms with van der Waals surface area (Å²) in [5.74, 6) is -1.80. The van der Waals surface area contributed by atoms with Gasteiger partial charge in [0, 0.05) is 18.9 Å². The standard InChI is InChI=1S/C16H18N4O4/c1-24-12-5-3-2-4-10(12)8-11(16(22)23)9-20-15(21)13-14(17)19-7-6-18-13/h2-7,11H,8-9H2,1H3,(H2,17,19)(H,20,21)(H,22,23). The summed E-state index contributed by atoms with van der Waals surface area (Å²) in [6.07, 6.45) is 2.93. The van der Waals surface area contributed by atoms with Gasteiger partial charge in [0.2, 0.25) is 0 Å². The number of methoxy groups -OCH3 is 1. The Morgan fingerprint density at radius 2 is 2.00 bits per heavy atom. The molecule has 24 heavy (non-hydrogen) atoms. The van der Waals surface area contributed by atoms with Gasteiger partial charge in [-0.05, 0) is 18.1 Å². The summed E-state index contributed by atoms with van der Waals surface area (Å²) in [6.45, 7) is -0.0672. The highest BCUT2D eigenvalue weighted by molar-refractivity contribution is 5.96. The van der Waals surface area contributed by atoms with Crippen LogP contribution in [-0.4, -0.2) is 40.6 Å². The molecule has 4 N–H and O–H groups in total. The molecule has 0 spiro atoms. The topological polar surface area (TPSA) is 127 Å². The molecule has 0 aliphatic carbocycles. The molecule has 0 bridgehead atoms. The number of anilines is 1. The molecule has 1 aromatic heterocycles. The van der Waals surface area contributed by atoms with Crippen molar-refractivity contribution in [1.82, 2.24) is 15.3 Å². The summed E-state index contributed by atoms with van der Waals surface area (Å²) in [6, 6.07) is 7.15. The predicted octanol–water partition coefficient (Wildman–Crippen LogP) is 0.741. The van der Waals surface area contributed by atoms with Crippen LogP contribution in [0.4, 0.5) is 5.82 Å². The molecule has 126 valence electrons. The molecule has 1 heterocycles. The van der Waals surface area contributed by atoms with Crippen molar-refractivity contribution < 1.29 is 19.4 Å². The van der Waals surface area contributed by atoms with Crippen molar-refractivity contribution in [3.63, 3.8) is 0 Å². The number of nitrogens with zero attached hydrogens (tertiary/aromatic N) is 2. The fourth-order valence-electron chi connectivity index (χ4n) is 2.21. The molecular weight excluding hydrogens is 312 g/mol. The smallest absolute Gasteiger partial charge is 0.308 e. The molecule has 2 rings (SSSR count). The van der Waals surface area contributed by atoms with Crippen molar-refractivity contribution in [1.29, 1.82) is 0 Å². The van der Waals surface area contributed by atoms with Gasteiger partial charge in [-0.15, -0.1) is 0 Å². The van der Waals surface area contributed by atoms with Crippen molar-refractivity contribution >= 4 is 17.7 Å². The molecule has 0 saturated heterocycles. The van der Waals surface area contributed by atoms with Crippen LogP contribution in [0, 0.1) is 5.92 Å². The third kappa shape index (κ3) is 4.19. The third-order valence-corrected chi connectivity index (χ3v) is 3.46. The zero-order chi connectivity index (χ0) is 17.5. The van der Waals surface area contributed by atoms with Crippen LogP contribution in [0.15, 0.2) is 36.7 Å². The fraction of sp³-hybridized carbons (Fsp3) is 0.250. The summed E-state index contributed by atoms with van der Waals surface area (Å²) in [5.41, 5.74) is 6.30. The fourth-order valence-corrected chi connectivity index (χ4v) is 2.21. The lowest BCUT2D eigenvalue weighted by Gasteiger charge is -2.15. The Kier molecular flexibility index (Phi) is 5.67. The number of nitrogens with one attached hydrogen (secondary N) is 1.